The van der Waals surface area contributed by atoms with Crippen LogP contribution in [0.2, 0.25) is 0 Å². The van der Waals surface area contributed by atoms with Gasteiger partial charge in [-0.15, -0.1) is 0 Å². The van der Waals surface area contributed by atoms with Crippen LogP contribution in [0, 0.1) is 12.8 Å². The Hall–Kier alpha value is -1.62. The van der Waals surface area contributed by atoms with E-state index in [0.717, 1.165) is 44.0 Å². The molecule has 2 heterocycles. The van der Waals surface area contributed by atoms with Gasteiger partial charge in [-0.2, -0.15) is 0 Å². The van der Waals surface area contributed by atoms with Crippen molar-refractivity contribution in [1.82, 2.24) is 4.98 Å². The van der Waals surface area contributed by atoms with E-state index >= 15 is 0 Å². The van der Waals surface area contributed by atoms with E-state index in [2.05, 4.69) is 9.88 Å². The van der Waals surface area contributed by atoms with Crippen molar-refractivity contribution in [2.24, 2.45) is 17.4 Å². The van der Waals surface area contributed by atoms with Gasteiger partial charge in [0.15, 0.2) is 0 Å². The Balaban J connectivity index is 2.16. The number of nitrogens with zero attached hydrogens (tertiary/aromatic N) is 2. The summed E-state index contributed by atoms with van der Waals surface area (Å²) < 4.78 is 0. The molecule has 0 aromatic carbocycles. The number of carbonyl (C=O) groups is 1. The minimum atomic E-state index is -0.404. The molecule has 1 aliphatic heterocycles. The van der Waals surface area contributed by atoms with Gasteiger partial charge in [-0.3, -0.25) is 4.79 Å². The van der Waals surface area contributed by atoms with Crippen molar-refractivity contribution < 1.29 is 4.79 Å². The van der Waals surface area contributed by atoms with Crippen molar-refractivity contribution in [3.63, 3.8) is 0 Å². The molecule has 5 nitrogen and oxygen atoms in total. The molecule has 18 heavy (non-hydrogen) atoms. The standard InChI is InChI=1S/C13H20N4O/c1-9-6-11(13(15)18)7-12(16-9)17-4-2-10(8-14)3-5-17/h6-7,10H,2-5,8,14H2,1H3,(H2,15,18). The fourth-order valence-electron chi connectivity index (χ4n) is 2.35. The average Bonchev–Trinajstić information content (AvgIpc) is 2.38. The summed E-state index contributed by atoms with van der Waals surface area (Å²) in [5, 5.41) is 0. The van der Waals surface area contributed by atoms with Crippen molar-refractivity contribution in [1.29, 1.82) is 0 Å². The Morgan fingerprint density at radius 3 is 2.67 bits per heavy atom. The lowest BCUT2D eigenvalue weighted by Gasteiger charge is -2.32. The summed E-state index contributed by atoms with van der Waals surface area (Å²) in [6.07, 6.45) is 2.16. The molecule has 0 radical (unpaired) electrons. The largest absolute Gasteiger partial charge is 0.366 e. The highest BCUT2D eigenvalue weighted by Crippen LogP contribution is 2.22. The van der Waals surface area contributed by atoms with Gasteiger partial charge in [0.25, 0.3) is 0 Å². The van der Waals surface area contributed by atoms with Crippen LogP contribution >= 0.6 is 0 Å². The zero-order valence-electron chi connectivity index (χ0n) is 10.7. The number of pyridine rings is 1. The molecule has 1 saturated heterocycles. The molecular weight excluding hydrogens is 228 g/mol. The highest BCUT2D eigenvalue weighted by molar-refractivity contribution is 5.93. The van der Waals surface area contributed by atoms with Crippen LogP contribution in [-0.4, -0.2) is 30.5 Å². The van der Waals surface area contributed by atoms with Gasteiger partial charge in [-0.05, 0) is 44.4 Å². The van der Waals surface area contributed by atoms with Gasteiger partial charge < -0.3 is 16.4 Å². The molecule has 1 aromatic rings. The smallest absolute Gasteiger partial charge is 0.248 e. The first-order valence-electron chi connectivity index (χ1n) is 6.33. The summed E-state index contributed by atoms with van der Waals surface area (Å²) in [5.74, 6) is 1.06. The second kappa shape index (κ2) is 5.35. The number of piperidine rings is 1. The van der Waals surface area contributed by atoms with Crippen molar-refractivity contribution in [2.75, 3.05) is 24.5 Å². The van der Waals surface area contributed by atoms with Gasteiger partial charge in [0, 0.05) is 24.3 Å². The number of primary amides is 1. The summed E-state index contributed by atoms with van der Waals surface area (Å²) in [6.45, 7) is 4.51. The molecule has 1 aromatic heterocycles. The van der Waals surface area contributed by atoms with Crippen molar-refractivity contribution in [3.8, 4) is 0 Å². The minimum absolute atomic E-state index is 0.404. The molecule has 1 amide bonds. The monoisotopic (exact) mass is 248 g/mol. The van der Waals surface area contributed by atoms with Crippen LogP contribution in [0.3, 0.4) is 0 Å². The molecule has 4 N–H and O–H groups in total. The van der Waals surface area contributed by atoms with E-state index in [1.807, 2.05) is 6.92 Å². The van der Waals surface area contributed by atoms with Crippen LogP contribution in [0.15, 0.2) is 12.1 Å². The molecular formula is C13H20N4O. The zero-order chi connectivity index (χ0) is 13.1. The Labute approximate surface area is 107 Å². The predicted octanol–water partition coefficient (Wildman–Crippen LogP) is 0.664. The average molecular weight is 248 g/mol. The molecule has 5 heteroatoms. The number of aryl methyl sites for hydroxylation is 1. The maximum absolute atomic E-state index is 11.2. The second-order valence-electron chi connectivity index (χ2n) is 4.89. The van der Waals surface area contributed by atoms with Crippen LogP contribution in [0.25, 0.3) is 0 Å². The SMILES string of the molecule is Cc1cc(C(N)=O)cc(N2CCC(CN)CC2)n1. The summed E-state index contributed by atoms with van der Waals surface area (Å²) in [4.78, 5) is 17.9. The maximum Gasteiger partial charge on any atom is 0.248 e. The third kappa shape index (κ3) is 2.79. The summed E-state index contributed by atoms with van der Waals surface area (Å²) in [5.41, 5.74) is 12.4. The number of hydrogen-bond donors (Lipinski definition) is 2. The highest BCUT2D eigenvalue weighted by atomic mass is 16.1. The summed E-state index contributed by atoms with van der Waals surface area (Å²) in [6, 6.07) is 3.50. The van der Waals surface area contributed by atoms with Crippen molar-refractivity contribution in [2.45, 2.75) is 19.8 Å². The first kappa shape index (κ1) is 12.8. The van der Waals surface area contributed by atoms with E-state index in [1.165, 1.54) is 0 Å². The fraction of sp³-hybridized carbons (Fsp3) is 0.538. The van der Waals surface area contributed by atoms with Crippen LogP contribution in [0.5, 0.6) is 0 Å². The Morgan fingerprint density at radius 2 is 2.11 bits per heavy atom. The molecule has 0 saturated carbocycles. The van der Waals surface area contributed by atoms with Crippen LogP contribution in [-0.2, 0) is 0 Å². The topological polar surface area (TPSA) is 85.2 Å². The summed E-state index contributed by atoms with van der Waals surface area (Å²) in [7, 11) is 0. The van der Waals surface area contributed by atoms with Crippen LogP contribution < -0.4 is 16.4 Å². The Morgan fingerprint density at radius 1 is 1.44 bits per heavy atom. The first-order valence-corrected chi connectivity index (χ1v) is 6.33. The van der Waals surface area contributed by atoms with E-state index < -0.39 is 5.91 Å². The minimum Gasteiger partial charge on any atom is -0.366 e. The predicted molar refractivity (Wildman–Crippen MR) is 71.5 cm³/mol. The number of carbonyl (C=O) groups excluding carboxylic acids is 1. The number of nitrogens with two attached hydrogens (primary N) is 2. The van der Waals surface area contributed by atoms with Gasteiger partial charge >= 0.3 is 0 Å². The van der Waals surface area contributed by atoms with Crippen molar-refractivity contribution >= 4 is 11.7 Å². The number of rotatable bonds is 3. The zero-order valence-corrected chi connectivity index (χ0v) is 10.7. The third-order valence-electron chi connectivity index (χ3n) is 3.50. The quantitative estimate of drug-likeness (QED) is 0.823. The second-order valence-corrected chi connectivity index (χ2v) is 4.89. The Kier molecular flexibility index (Phi) is 3.81. The molecule has 0 bridgehead atoms. The lowest BCUT2D eigenvalue weighted by atomic mass is 9.97. The van der Waals surface area contributed by atoms with Crippen LogP contribution in [0.1, 0.15) is 28.9 Å². The molecule has 1 fully saturated rings. The first-order chi connectivity index (χ1) is 8.60. The van der Waals surface area contributed by atoms with Gasteiger partial charge in [0.1, 0.15) is 5.82 Å². The number of amides is 1. The van der Waals surface area contributed by atoms with Gasteiger partial charge in [0.2, 0.25) is 5.91 Å². The Bertz CT molecular complexity index is 439. The van der Waals surface area contributed by atoms with Gasteiger partial charge in [-0.1, -0.05) is 0 Å². The third-order valence-corrected chi connectivity index (χ3v) is 3.50. The summed E-state index contributed by atoms with van der Waals surface area (Å²) >= 11 is 0. The fourth-order valence-corrected chi connectivity index (χ4v) is 2.35. The van der Waals surface area contributed by atoms with Gasteiger partial charge in [0.05, 0.1) is 0 Å². The molecule has 0 spiro atoms. The molecule has 0 atom stereocenters. The molecule has 0 unspecified atom stereocenters. The molecule has 1 aliphatic rings. The lowest BCUT2D eigenvalue weighted by Crippen LogP contribution is -2.36. The highest BCUT2D eigenvalue weighted by Gasteiger charge is 2.19. The van der Waals surface area contributed by atoms with E-state index in [9.17, 15) is 4.79 Å². The maximum atomic E-state index is 11.2. The lowest BCUT2D eigenvalue weighted by molar-refractivity contribution is 0.1000. The van der Waals surface area contributed by atoms with E-state index in [4.69, 9.17) is 11.5 Å². The van der Waals surface area contributed by atoms with Gasteiger partial charge in [-0.25, -0.2) is 4.98 Å². The molecule has 98 valence electrons. The number of aromatic nitrogens is 1. The number of anilines is 1. The van der Waals surface area contributed by atoms with E-state index in [1.54, 1.807) is 12.1 Å². The van der Waals surface area contributed by atoms with E-state index in [0.29, 0.717) is 11.5 Å². The molecule has 2 rings (SSSR count). The van der Waals surface area contributed by atoms with Crippen molar-refractivity contribution in [3.05, 3.63) is 23.4 Å². The normalized spacial score (nSPS) is 16.9. The van der Waals surface area contributed by atoms with E-state index in [-0.39, 0.29) is 0 Å². The molecule has 0 aliphatic carbocycles. The van der Waals surface area contributed by atoms with Crippen LogP contribution in [0.4, 0.5) is 5.82 Å². The number of hydrogen-bond acceptors (Lipinski definition) is 4.